The van der Waals surface area contributed by atoms with Gasteiger partial charge in [-0.25, -0.2) is 19.5 Å². The fraction of sp³-hybridized carbons (Fsp3) is 0.667. The molecule has 0 unspecified atom stereocenters. The first-order chi connectivity index (χ1) is 13.2. The van der Waals surface area contributed by atoms with Crippen molar-refractivity contribution in [1.82, 2.24) is 19.5 Å². The summed E-state index contributed by atoms with van der Waals surface area (Å²) in [4.78, 5) is 31.4. The summed E-state index contributed by atoms with van der Waals surface area (Å²) in [6, 6.07) is -0.538. The molecule has 2 saturated carbocycles. The zero-order valence-corrected chi connectivity index (χ0v) is 17.0. The lowest BCUT2D eigenvalue weighted by Crippen LogP contribution is -2.49. The molecule has 4 rings (SSSR count). The number of imidazole rings is 1. The second kappa shape index (κ2) is 6.91. The van der Waals surface area contributed by atoms with Crippen LogP contribution < -0.4 is 5.32 Å². The average molecular weight is 431 g/mol. The maximum atomic E-state index is 11.2. The van der Waals surface area contributed by atoms with Crippen LogP contribution in [0.25, 0.3) is 11.2 Å². The zero-order valence-electron chi connectivity index (χ0n) is 15.3. The number of aliphatic hydroxyl groups excluding tert-OH is 2. The Labute approximate surface area is 164 Å². The average Bonchev–Trinajstić information content (AvgIpc) is 3.11. The minimum absolute atomic E-state index is 0.229. The molecule has 154 valence electrons. The van der Waals surface area contributed by atoms with E-state index < -0.39 is 31.5 Å². The molecule has 0 radical (unpaired) electrons. The van der Waals surface area contributed by atoms with E-state index in [-0.39, 0.29) is 12.5 Å². The van der Waals surface area contributed by atoms with Crippen LogP contribution in [0.1, 0.15) is 18.9 Å². The number of nitrogens with zero attached hydrogens (tertiary/aromatic N) is 4. The number of phosphoric acid groups is 1. The number of hydrogen-bond donors (Lipinski definition) is 5. The standard InChI is InChI=1S/C15H22N5O6PS/c1-16-12-8-13(19-14(18-12)28-2)20(6-17-8)9-7-3-4-15(7,11(22)10(9)21)5-26-27(23,24)25/h6-7,9-11,21-22H,3-5H2,1-2H3,(H,16,18,19)(H2,23,24,25)/t7-,9-,10+,11+,15+/m1/s1. The highest BCUT2D eigenvalue weighted by molar-refractivity contribution is 7.98. The lowest BCUT2D eigenvalue weighted by molar-refractivity contribution is -0.0969. The minimum Gasteiger partial charge on any atom is -0.390 e. The number of hydrogen-bond acceptors (Lipinski definition) is 9. The van der Waals surface area contributed by atoms with Gasteiger partial charge in [0.25, 0.3) is 0 Å². The summed E-state index contributed by atoms with van der Waals surface area (Å²) in [6.07, 6.45) is 2.28. The van der Waals surface area contributed by atoms with Gasteiger partial charge in [0.15, 0.2) is 22.1 Å². The van der Waals surface area contributed by atoms with Crippen molar-refractivity contribution in [2.45, 2.75) is 36.2 Å². The molecule has 0 bridgehead atoms. The van der Waals surface area contributed by atoms with E-state index in [1.807, 2.05) is 6.26 Å². The second-order valence-corrected chi connectivity index (χ2v) is 9.21. The minimum atomic E-state index is -4.68. The number of aliphatic hydroxyl groups is 2. The van der Waals surface area contributed by atoms with Gasteiger partial charge in [0.1, 0.15) is 6.10 Å². The van der Waals surface area contributed by atoms with Crippen LogP contribution in [-0.4, -0.2) is 71.6 Å². The van der Waals surface area contributed by atoms with Crippen molar-refractivity contribution in [3.8, 4) is 0 Å². The predicted molar refractivity (Wildman–Crippen MR) is 101 cm³/mol. The van der Waals surface area contributed by atoms with E-state index in [2.05, 4.69) is 20.3 Å². The van der Waals surface area contributed by atoms with Crippen LogP contribution in [-0.2, 0) is 9.09 Å². The van der Waals surface area contributed by atoms with Crippen LogP contribution in [0.2, 0.25) is 0 Å². The van der Waals surface area contributed by atoms with Gasteiger partial charge in [-0.2, -0.15) is 0 Å². The Balaban J connectivity index is 1.75. The molecule has 0 aromatic carbocycles. The van der Waals surface area contributed by atoms with Crippen molar-refractivity contribution in [3.05, 3.63) is 6.33 Å². The molecule has 0 amide bonds. The van der Waals surface area contributed by atoms with Crippen LogP contribution in [0.4, 0.5) is 5.82 Å². The molecule has 28 heavy (non-hydrogen) atoms. The highest BCUT2D eigenvalue weighted by Crippen LogP contribution is 2.63. The van der Waals surface area contributed by atoms with Gasteiger partial charge in [0.05, 0.1) is 25.1 Å². The Morgan fingerprint density at radius 1 is 1.43 bits per heavy atom. The maximum Gasteiger partial charge on any atom is 0.469 e. The maximum absolute atomic E-state index is 11.2. The van der Waals surface area contributed by atoms with Gasteiger partial charge in [0, 0.05) is 12.5 Å². The third-order valence-electron chi connectivity index (χ3n) is 5.98. The van der Waals surface area contributed by atoms with Gasteiger partial charge in [-0.05, 0) is 25.0 Å². The molecule has 5 atom stereocenters. The monoisotopic (exact) mass is 431 g/mol. The molecule has 2 aliphatic carbocycles. The summed E-state index contributed by atoms with van der Waals surface area (Å²) in [7, 11) is -2.95. The molecule has 5 N–H and O–H groups in total. The highest BCUT2D eigenvalue weighted by Gasteiger charge is 2.65. The normalized spacial score (nSPS) is 32.4. The first-order valence-corrected chi connectivity index (χ1v) is 11.5. The highest BCUT2D eigenvalue weighted by atomic mass is 32.2. The van der Waals surface area contributed by atoms with Crippen molar-refractivity contribution >= 4 is 36.6 Å². The molecule has 0 saturated heterocycles. The fourth-order valence-electron chi connectivity index (χ4n) is 4.53. The van der Waals surface area contributed by atoms with Crippen LogP contribution in [0.3, 0.4) is 0 Å². The van der Waals surface area contributed by atoms with E-state index in [1.54, 1.807) is 17.9 Å². The Morgan fingerprint density at radius 2 is 2.18 bits per heavy atom. The van der Waals surface area contributed by atoms with Crippen molar-refractivity contribution in [2.75, 3.05) is 25.2 Å². The summed E-state index contributed by atoms with van der Waals surface area (Å²) in [5.41, 5.74) is 0.159. The van der Waals surface area contributed by atoms with E-state index in [0.717, 1.165) is 0 Å². The molecule has 13 heteroatoms. The molecule has 2 heterocycles. The van der Waals surface area contributed by atoms with Crippen molar-refractivity contribution in [2.24, 2.45) is 11.3 Å². The molecule has 2 aliphatic rings. The molecule has 11 nitrogen and oxygen atoms in total. The molecule has 0 spiro atoms. The van der Waals surface area contributed by atoms with Crippen LogP contribution in [0.5, 0.6) is 0 Å². The Kier molecular flexibility index (Phi) is 4.94. The van der Waals surface area contributed by atoms with Gasteiger partial charge >= 0.3 is 7.82 Å². The Bertz CT molecular complexity index is 952. The molecule has 0 aliphatic heterocycles. The van der Waals surface area contributed by atoms with E-state index in [4.69, 9.17) is 14.3 Å². The summed E-state index contributed by atoms with van der Waals surface area (Å²) in [5.74, 6) is 0.332. The van der Waals surface area contributed by atoms with E-state index in [1.165, 1.54) is 11.8 Å². The van der Waals surface area contributed by atoms with Gasteiger partial charge in [-0.1, -0.05) is 11.8 Å². The largest absolute Gasteiger partial charge is 0.469 e. The van der Waals surface area contributed by atoms with Crippen LogP contribution >= 0.6 is 19.6 Å². The number of rotatable bonds is 6. The Morgan fingerprint density at radius 3 is 2.75 bits per heavy atom. The third-order valence-corrected chi connectivity index (χ3v) is 6.99. The number of nitrogens with one attached hydrogen (secondary N) is 1. The van der Waals surface area contributed by atoms with E-state index in [0.29, 0.717) is 35.0 Å². The van der Waals surface area contributed by atoms with Gasteiger partial charge < -0.3 is 29.9 Å². The first-order valence-electron chi connectivity index (χ1n) is 8.74. The van der Waals surface area contributed by atoms with Gasteiger partial charge in [0.2, 0.25) is 0 Å². The van der Waals surface area contributed by atoms with Crippen LogP contribution in [0.15, 0.2) is 11.5 Å². The van der Waals surface area contributed by atoms with E-state index in [9.17, 15) is 14.8 Å². The molecular formula is C15H22N5O6PS. The van der Waals surface area contributed by atoms with Crippen molar-refractivity contribution < 1.29 is 29.1 Å². The first kappa shape index (κ1) is 20.0. The second-order valence-electron chi connectivity index (χ2n) is 7.20. The Hall–Kier alpha value is -1.27. The molecular weight excluding hydrogens is 409 g/mol. The summed E-state index contributed by atoms with van der Waals surface area (Å²) in [5, 5.41) is 25.0. The van der Waals surface area contributed by atoms with Gasteiger partial charge in [-0.3, -0.25) is 4.52 Å². The van der Waals surface area contributed by atoms with Gasteiger partial charge in [-0.15, -0.1) is 0 Å². The number of anilines is 1. The number of aromatic nitrogens is 4. The SMILES string of the molecule is CNc1nc(SC)nc2c1ncn2[C@H]1[C@H](O)[C@H](O)[C@]2(COP(=O)(O)O)CC[C@H]12. The smallest absolute Gasteiger partial charge is 0.390 e. The summed E-state index contributed by atoms with van der Waals surface area (Å²) < 4.78 is 17.6. The lowest BCUT2D eigenvalue weighted by Gasteiger charge is -2.47. The number of thioether (sulfide) groups is 1. The quantitative estimate of drug-likeness (QED) is 0.244. The lowest BCUT2D eigenvalue weighted by atomic mass is 9.60. The third kappa shape index (κ3) is 2.95. The van der Waals surface area contributed by atoms with Crippen LogP contribution in [0, 0.1) is 11.3 Å². The fourth-order valence-corrected chi connectivity index (χ4v) is 5.30. The molecule has 2 fully saturated rings. The number of phosphoric ester groups is 1. The molecule has 2 aromatic heterocycles. The summed E-state index contributed by atoms with van der Waals surface area (Å²) in [6.45, 7) is -0.323. The van der Waals surface area contributed by atoms with Crippen molar-refractivity contribution in [1.29, 1.82) is 0 Å². The summed E-state index contributed by atoms with van der Waals surface area (Å²) >= 11 is 1.37. The molecule has 2 aromatic rings. The van der Waals surface area contributed by atoms with E-state index >= 15 is 0 Å². The van der Waals surface area contributed by atoms with Crippen molar-refractivity contribution in [3.63, 3.8) is 0 Å². The topological polar surface area (TPSA) is 163 Å². The predicted octanol–water partition coefficient (Wildman–Crippen LogP) is 0.372. The number of fused-ring (bicyclic) bond motifs is 2. The zero-order chi connectivity index (χ0) is 20.3.